The molecule has 0 aliphatic rings. The molecule has 0 atom stereocenters. The van der Waals surface area contributed by atoms with Crippen LogP contribution in [0.3, 0.4) is 0 Å². The minimum atomic E-state index is 0.150. The van der Waals surface area contributed by atoms with Crippen LogP contribution in [0.15, 0.2) is 24.3 Å². The third kappa shape index (κ3) is 3.48. The van der Waals surface area contributed by atoms with E-state index >= 15 is 0 Å². The van der Waals surface area contributed by atoms with Crippen molar-refractivity contribution in [1.29, 1.82) is 0 Å². The molecular weight excluding hydrogens is 264 g/mol. The van der Waals surface area contributed by atoms with E-state index in [2.05, 4.69) is 15.3 Å². The Hall–Kier alpha value is -2.01. The number of nitrogen functional groups attached to an aromatic ring is 1. The van der Waals surface area contributed by atoms with Crippen molar-refractivity contribution in [2.24, 2.45) is 0 Å². The van der Waals surface area contributed by atoms with Crippen LogP contribution in [0, 0.1) is 6.92 Å². The molecule has 0 fully saturated rings. The Morgan fingerprint density at radius 2 is 2.11 bits per heavy atom. The van der Waals surface area contributed by atoms with E-state index in [1.165, 1.54) is 0 Å². The second-order valence-electron chi connectivity index (χ2n) is 4.02. The number of nitrogens with two attached hydrogens (primary N) is 1. The number of benzene rings is 1. The maximum atomic E-state index is 6.10. The quantitative estimate of drug-likeness (QED) is 0.898. The smallest absolute Gasteiger partial charge is 0.226 e. The van der Waals surface area contributed by atoms with Crippen molar-refractivity contribution >= 4 is 23.4 Å². The molecule has 1 aromatic heterocycles. The highest BCUT2D eigenvalue weighted by molar-refractivity contribution is 6.32. The Bertz CT molecular complexity index is 589. The minimum absolute atomic E-state index is 0.150. The molecule has 0 bridgehead atoms. The topological polar surface area (TPSA) is 73.1 Å². The van der Waals surface area contributed by atoms with Crippen LogP contribution in [0.5, 0.6) is 11.6 Å². The second kappa shape index (κ2) is 5.75. The third-order valence-electron chi connectivity index (χ3n) is 2.38. The molecule has 19 heavy (non-hydrogen) atoms. The summed E-state index contributed by atoms with van der Waals surface area (Å²) in [4.78, 5) is 8.07. The fourth-order valence-corrected chi connectivity index (χ4v) is 1.84. The molecular formula is C13H15ClN4O. The SMILES string of the molecule is CCNc1cc(Oc2ccc(C)cc2Cl)nc(N)n1. The minimum Gasteiger partial charge on any atom is -0.437 e. The van der Waals surface area contributed by atoms with Crippen LogP contribution in [0.1, 0.15) is 12.5 Å². The summed E-state index contributed by atoms with van der Waals surface area (Å²) in [5.74, 6) is 1.66. The zero-order chi connectivity index (χ0) is 13.8. The Labute approximate surface area is 116 Å². The van der Waals surface area contributed by atoms with Gasteiger partial charge in [0.05, 0.1) is 5.02 Å². The first kappa shape index (κ1) is 13.4. The molecule has 6 heteroatoms. The lowest BCUT2D eigenvalue weighted by Gasteiger charge is -2.09. The molecule has 1 heterocycles. The number of aryl methyl sites for hydroxylation is 1. The van der Waals surface area contributed by atoms with Gasteiger partial charge in [-0.25, -0.2) is 0 Å². The van der Waals surface area contributed by atoms with E-state index in [0.29, 0.717) is 22.5 Å². The average Bonchev–Trinajstić information content (AvgIpc) is 2.32. The second-order valence-corrected chi connectivity index (χ2v) is 4.42. The maximum Gasteiger partial charge on any atom is 0.226 e. The van der Waals surface area contributed by atoms with Crippen molar-refractivity contribution in [2.45, 2.75) is 13.8 Å². The van der Waals surface area contributed by atoms with Crippen LogP contribution >= 0.6 is 11.6 Å². The van der Waals surface area contributed by atoms with Crippen molar-refractivity contribution in [3.8, 4) is 11.6 Å². The summed E-state index contributed by atoms with van der Waals surface area (Å²) in [5.41, 5.74) is 6.69. The normalized spacial score (nSPS) is 10.3. The number of ether oxygens (including phenoxy) is 1. The van der Waals surface area contributed by atoms with Crippen molar-refractivity contribution in [3.05, 3.63) is 34.9 Å². The van der Waals surface area contributed by atoms with Gasteiger partial charge in [0.15, 0.2) is 0 Å². The Kier molecular flexibility index (Phi) is 4.06. The van der Waals surface area contributed by atoms with E-state index in [1.54, 1.807) is 12.1 Å². The summed E-state index contributed by atoms with van der Waals surface area (Å²) in [6.45, 7) is 4.67. The first-order chi connectivity index (χ1) is 9.08. The summed E-state index contributed by atoms with van der Waals surface area (Å²) in [6.07, 6.45) is 0. The number of aromatic nitrogens is 2. The van der Waals surface area contributed by atoms with Crippen LogP contribution in [0.4, 0.5) is 11.8 Å². The molecule has 3 N–H and O–H groups in total. The number of rotatable bonds is 4. The molecule has 0 spiro atoms. The maximum absolute atomic E-state index is 6.10. The van der Waals surface area contributed by atoms with Crippen LogP contribution in [-0.4, -0.2) is 16.5 Å². The van der Waals surface area contributed by atoms with Crippen molar-refractivity contribution in [1.82, 2.24) is 9.97 Å². The third-order valence-corrected chi connectivity index (χ3v) is 2.68. The molecule has 0 radical (unpaired) electrons. The highest BCUT2D eigenvalue weighted by Crippen LogP contribution is 2.30. The van der Waals surface area contributed by atoms with Gasteiger partial charge in [0, 0.05) is 12.6 Å². The van der Waals surface area contributed by atoms with Gasteiger partial charge in [0.1, 0.15) is 11.6 Å². The van der Waals surface area contributed by atoms with Crippen LogP contribution in [-0.2, 0) is 0 Å². The van der Waals surface area contributed by atoms with Gasteiger partial charge in [0.25, 0.3) is 0 Å². The Balaban J connectivity index is 2.27. The average molecular weight is 279 g/mol. The fourth-order valence-electron chi connectivity index (χ4n) is 1.57. The monoisotopic (exact) mass is 278 g/mol. The number of nitrogens with zero attached hydrogens (tertiary/aromatic N) is 2. The number of hydrogen-bond acceptors (Lipinski definition) is 5. The van der Waals surface area contributed by atoms with E-state index in [0.717, 1.165) is 12.1 Å². The van der Waals surface area contributed by atoms with E-state index in [4.69, 9.17) is 22.1 Å². The van der Waals surface area contributed by atoms with E-state index in [1.807, 2.05) is 26.0 Å². The molecule has 0 unspecified atom stereocenters. The summed E-state index contributed by atoms with van der Waals surface area (Å²) in [6, 6.07) is 7.21. The van der Waals surface area contributed by atoms with Gasteiger partial charge in [-0.3, -0.25) is 0 Å². The number of anilines is 2. The fraction of sp³-hybridized carbons (Fsp3) is 0.231. The van der Waals surface area contributed by atoms with E-state index in [9.17, 15) is 0 Å². The van der Waals surface area contributed by atoms with E-state index in [-0.39, 0.29) is 5.95 Å². The first-order valence-corrected chi connectivity index (χ1v) is 6.28. The van der Waals surface area contributed by atoms with E-state index < -0.39 is 0 Å². The van der Waals surface area contributed by atoms with Crippen LogP contribution in [0.2, 0.25) is 5.02 Å². The first-order valence-electron chi connectivity index (χ1n) is 5.91. The molecule has 2 aromatic rings. The lowest BCUT2D eigenvalue weighted by Crippen LogP contribution is -2.04. The predicted octanol–water partition coefficient (Wildman–Crippen LogP) is 3.24. The summed E-state index contributed by atoms with van der Waals surface area (Å²) in [7, 11) is 0. The zero-order valence-corrected chi connectivity index (χ0v) is 11.5. The van der Waals surface area contributed by atoms with Crippen LogP contribution in [0.25, 0.3) is 0 Å². The lowest BCUT2D eigenvalue weighted by atomic mass is 10.2. The number of hydrogen-bond donors (Lipinski definition) is 2. The van der Waals surface area contributed by atoms with Gasteiger partial charge >= 0.3 is 0 Å². The van der Waals surface area contributed by atoms with Crippen molar-refractivity contribution < 1.29 is 4.74 Å². The standard InChI is InChI=1S/C13H15ClN4O/c1-3-16-11-7-12(18-13(15)17-11)19-10-5-4-8(2)6-9(10)14/h4-7H,3H2,1-2H3,(H3,15,16,17,18). The molecule has 0 saturated carbocycles. The van der Waals surface area contributed by atoms with Gasteiger partial charge < -0.3 is 15.8 Å². The summed E-state index contributed by atoms with van der Waals surface area (Å²) in [5, 5.41) is 3.58. The molecule has 5 nitrogen and oxygen atoms in total. The predicted molar refractivity (Wildman–Crippen MR) is 76.9 cm³/mol. The van der Waals surface area contributed by atoms with Gasteiger partial charge in [0.2, 0.25) is 11.8 Å². The highest BCUT2D eigenvalue weighted by atomic mass is 35.5. The molecule has 0 amide bonds. The molecule has 0 aliphatic carbocycles. The molecule has 1 aromatic carbocycles. The number of halogens is 1. The lowest BCUT2D eigenvalue weighted by molar-refractivity contribution is 0.463. The van der Waals surface area contributed by atoms with Crippen LogP contribution < -0.4 is 15.8 Å². The largest absolute Gasteiger partial charge is 0.437 e. The summed E-state index contributed by atoms with van der Waals surface area (Å²) < 4.78 is 5.63. The summed E-state index contributed by atoms with van der Waals surface area (Å²) >= 11 is 6.10. The van der Waals surface area contributed by atoms with Gasteiger partial charge in [-0.15, -0.1) is 0 Å². The Morgan fingerprint density at radius 1 is 1.32 bits per heavy atom. The zero-order valence-electron chi connectivity index (χ0n) is 10.8. The molecule has 100 valence electrons. The Morgan fingerprint density at radius 3 is 2.79 bits per heavy atom. The van der Waals surface area contributed by atoms with Gasteiger partial charge in [-0.05, 0) is 31.5 Å². The number of nitrogens with one attached hydrogen (secondary N) is 1. The van der Waals surface area contributed by atoms with Crippen molar-refractivity contribution in [3.63, 3.8) is 0 Å². The molecule has 0 aliphatic heterocycles. The molecule has 0 saturated heterocycles. The van der Waals surface area contributed by atoms with Crippen molar-refractivity contribution in [2.75, 3.05) is 17.6 Å². The van der Waals surface area contributed by atoms with Gasteiger partial charge in [-0.2, -0.15) is 9.97 Å². The highest BCUT2D eigenvalue weighted by Gasteiger charge is 2.07. The molecule has 2 rings (SSSR count). The van der Waals surface area contributed by atoms with Gasteiger partial charge in [-0.1, -0.05) is 17.7 Å².